The van der Waals surface area contributed by atoms with Crippen LogP contribution in [0.4, 0.5) is 24.8 Å². The molecule has 1 unspecified atom stereocenters. The van der Waals surface area contributed by atoms with E-state index in [1.165, 1.54) is 10.5 Å². The van der Waals surface area contributed by atoms with Gasteiger partial charge in [-0.15, -0.1) is 5.10 Å². The number of nitrogens with zero attached hydrogens (tertiary/aromatic N) is 6. The van der Waals surface area contributed by atoms with Gasteiger partial charge in [0.15, 0.2) is 5.65 Å². The lowest BCUT2D eigenvalue weighted by molar-refractivity contribution is -0.148. The minimum atomic E-state index is -4.35. The third-order valence-electron chi connectivity index (χ3n) is 8.65. The number of amides is 2. The molecular formula is C34H36F3N7O2. The van der Waals surface area contributed by atoms with Crippen LogP contribution < -0.4 is 5.32 Å². The molecule has 12 heteroatoms. The predicted octanol–water partition coefficient (Wildman–Crippen LogP) is 5.78. The Morgan fingerprint density at radius 1 is 1.02 bits per heavy atom. The van der Waals surface area contributed by atoms with Crippen LogP contribution in [-0.4, -0.2) is 86.6 Å². The average molecular weight is 632 g/mol. The van der Waals surface area contributed by atoms with Gasteiger partial charge < -0.3 is 15.1 Å². The lowest BCUT2D eigenvalue weighted by Crippen LogP contribution is -2.38. The molecule has 9 nitrogen and oxygen atoms in total. The number of rotatable bonds is 9. The Morgan fingerprint density at radius 3 is 2.52 bits per heavy atom. The number of benzene rings is 2. The van der Waals surface area contributed by atoms with Crippen LogP contribution in [0.2, 0.25) is 0 Å². The summed E-state index contributed by atoms with van der Waals surface area (Å²) in [6.07, 6.45) is -0.909. The first kappa shape index (κ1) is 31.3. The Labute approximate surface area is 265 Å². The molecule has 1 N–H and O–H groups in total. The van der Waals surface area contributed by atoms with Gasteiger partial charge in [0.2, 0.25) is 11.9 Å². The number of aromatic nitrogens is 3. The first-order valence-corrected chi connectivity index (χ1v) is 15.4. The number of nitrogens with one attached hydrogen (secondary N) is 1. The highest BCUT2D eigenvalue weighted by atomic mass is 19.4. The third-order valence-corrected chi connectivity index (χ3v) is 8.65. The van der Waals surface area contributed by atoms with Crippen molar-refractivity contribution in [1.29, 1.82) is 0 Å². The number of carbonyl (C=O) groups excluding carboxylic acids is 2. The van der Waals surface area contributed by atoms with Crippen LogP contribution in [-0.2, 0) is 11.3 Å². The molecule has 1 atom stereocenters. The fourth-order valence-corrected chi connectivity index (χ4v) is 6.07. The largest absolute Gasteiger partial charge is 0.389 e. The van der Waals surface area contributed by atoms with Gasteiger partial charge in [-0.1, -0.05) is 36.4 Å². The van der Waals surface area contributed by atoms with E-state index in [2.05, 4.69) is 32.4 Å². The summed E-state index contributed by atoms with van der Waals surface area (Å²) < 4.78 is 39.3. The molecule has 0 saturated carbocycles. The van der Waals surface area contributed by atoms with Gasteiger partial charge in [-0.2, -0.15) is 18.2 Å². The highest BCUT2D eigenvalue weighted by Crippen LogP contribution is 2.28. The Kier molecular flexibility index (Phi) is 9.07. The minimum Gasteiger partial charge on any atom is -0.339 e. The van der Waals surface area contributed by atoms with Crippen molar-refractivity contribution in [3.8, 4) is 0 Å². The van der Waals surface area contributed by atoms with Crippen LogP contribution in [0.5, 0.6) is 0 Å². The second kappa shape index (κ2) is 13.3. The van der Waals surface area contributed by atoms with Gasteiger partial charge in [-0.3, -0.25) is 14.5 Å². The molecule has 0 aliphatic carbocycles. The monoisotopic (exact) mass is 631 g/mol. The standard InChI is InChI=1S/C34H36F3N7O2/c1-41(28-16-19-42(23-28)22-24-6-3-2-4-7-24)32(46)26-9-11-27(12-10-26)38-33-39-31-29(8-5-18-44(31)40-33)25-14-20-43(21-15-25)30(45)13-17-34(35,36)37/h2-12,14,18,28H,13,15-17,19-23H2,1H3,(H,38,40). The summed E-state index contributed by atoms with van der Waals surface area (Å²) in [5.74, 6) is -0.133. The molecule has 240 valence electrons. The number of hydrogen-bond donors (Lipinski definition) is 1. The lowest BCUT2D eigenvalue weighted by atomic mass is 10.00. The van der Waals surface area contributed by atoms with Crippen molar-refractivity contribution in [3.05, 3.63) is 95.7 Å². The fourth-order valence-electron chi connectivity index (χ4n) is 6.07. The molecule has 1 saturated heterocycles. The smallest absolute Gasteiger partial charge is 0.339 e. The average Bonchev–Trinajstić information content (AvgIpc) is 3.70. The van der Waals surface area contributed by atoms with E-state index in [1.54, 1.807) is 22.8 Å². The molecule has 2 aromatic carbocycles. The Balaban J connectivity index is 1.06. The van der Waals surface area contributed by atoms with Crippen LogP contribution >= 0.6 is 0 Å². The van der Waals surface area contributed by atoms with Crippen molar-refractivity contribution in [2.45, 2.75) is 44.4 Å². The summed E-state index contributed by atoms with van der Waals surface area (Å²) in [6.45, 7) is 3.26. The molecule has 1 fully saturated rings. The van der Waals surface area contributed by atoms with Crippen LogP contribution in [0.1, 0.15) is 47.2 Å². The fraction of sp³-hybridized carbons (Fsp3) is 0.353. The number of pyridine rings is 1. The summed E-state index contributed by atoms with van der Waals surface area (Å²) >= 11 is 0. The molecule has 0 spiro atoms. The second-order valence-corrected chi connectivity index (χ2v) is 11.8. The number of fused-ring (bicyclic) bond motifs is 1. The molecule has 2 amide bonds. The number of likely N-dealkylation sites (N-methyl/N-ethyl adjacent to an activating group) is 1. The van der Waals surface area contributed by atoms with Gasteiger partial charge in [0, 0.05) is 75.2 Å². The number of hydrogen-bond acceptors (Lipinski definition) is 6. The molecule has 4 aromatic rings. The van der Waals surface area contributed by atoms with Crippen LogP contribution in [0, 0.1) is 0 Å². The number of alkyl halides is 3. The zero-order valence-electron chi connectivity index (χ0n) is 25.6. The Bertz CT molecular complexity index is 1720. The molecule has 4 heterocycles. The first-order chi connectivity index (χ1) is 22.1. The van der Waals surface area contributed by atoms with E-state index in [-0.39, 0.29) is 18.5 Å². The zero-order valence-corrected chi connectivity index (χ0v) is 25.6. The van der Waals surface area contributed by atoms with E-state index in [9.17, 15) is 22.8 Å². The predicted molar refractivity (Wildman–Crippen MR) is 169 cm³/mol. The summed E-state index contributed by atoms with van der Waals surface area (Å²) in [4.78, 5) is 35.9. The second-order valence-electron chi connectivity index (χ2n) is 11.8. The van der Waals surface area contributed by atoms with Crippen molar-refractivity contribution >= 4 is 34.7 Å². The van der Waals surface area contributed by atoms with E-state index in [4.69, 9.17) is 0 Å². The third kappa shape index (κ3) is 7.39. The number of likely N-dealkylation sites (tertiary alicyclic amines) is 1. The van der Waals surface area contributed by atoms with Gasteiger partial charge >= 0.3 is 6.18 Å². The molecule has 2 aliphatic heterocycles. The minimum absolute atomic E-state index is 0.0185. The number of halogens is 3. The van der Waals surface area contributed by atoms with Gasteiger partial charge in [0.25, 0.3) is 5.91 Å². The highest BCUT2D eigenvalue weighted by molar-refractivity contribution is 5.94. The Morgan fingerprint density at radius 2 is 1.80 bits per heavy atom. The molecule has 46 heavy (non-hydrogen) atoms. The molecular weight excluding hydrogens is 595 g/mol. The van der Waals surface area contributed by atoms with Gasteiger partial charge in [-0.05, 0) is 60.4 Å². The van der Waals surface area contributed by atoms with Gasteiger partial charge in [-0.25, -0.2) is 4.52 Å². The summed E-state index contributed by atoms with van der Waals surface area (Å²) in [5.41, 5.74) is 5.05. The van der Waals surface area contributed by atoms with E-state index in [1.807, 2.05) is 60.5 Å². The van der Waals surface area contributed by atoms with Crippen LogP contribution in [0.15, 0.2) is 79.0 Å². The molecule has 0 radical (unpaired) electrons. The highest BCUT2D eigenvalue weighted by Gasteiger charge is 2.30. The quantitative estimate of drug-likeness (QED) is 0.252. The van der Waals surface area contributed by atoms with Gasteiger partial charge in [0.1, 0.15) is 0 Å². The maximum absolute atomic E-state index is 13.3. The van der Waals surface area contributed by atoms with Crippen LogP contribution in [0.3, 0.4) is 0 Å². The molecule has 6 rings (SSSR count). The number of carbonyl (C=O) groups is 2. The first-order valence-electron chi connectivity index (χ1n) is 15.4. The molecule has 2 aliphatic rings. The topological polar surface area (TPSA) is 86.1 Å². The van der Waals surface area contributed by atoms with E-state index < -0.39 is 24.9 Å². The number of anilines is 2. The van der Waals surface area contributed by atoms with Crippen molar-refractivity contribution in [3.63, 3.8) is 0 Å². The maximum atomic E-state index is 13.3. The van der Waals surface area contributed by atoms with Crippen molar-refractivity contribution in [2.24, 2.45) is 0 Å². The molecule has 0 bridgehead atoms. The summed E-state index contributed by atoms with van der Waals surface area (Å²) in [5, 5.41) is 7.76. The molecule has 2 aromatic heterocycles. The maximum Gasteiger partial charge on any atom is 0.389 e. The SMILES string of the molecule is CN(C(=O)c1ccc(Nc2nc3c(C4=CCN(C(=O)CCC(F)(F)F)CC4)cccn3n2)cc1)C1CCN(Cc2ccccc2)C1. The van der Waals surface area contributed by atoms with E-state index in [0.29, 0.717) is 30.1 Å². The zero-order chi connectivity index (χ0) is 32.3. The van der Waals surface area contributed by atoms with Gasteiger partial charge in [0.05, 0.1) is 6.42 Å². The van der Waals surface area contributed by atoms with Crippen LogP contribution in [0.25, 0.3) is 11.2 Å². The van der Waals surface area contributed by atoms with E-state index >= 15 is 0 Å². The van der Waals surface area contributed by atoms with Crippen molar-refractivity contribution in [1.82, 2.24) is 29.3 Å². The van der Waals surface area contributed by atoms with E-state index in [0.717, 1.165) is 42.9 Å². The lowest BCUT2D eigenvalue weighted by Gasteiger charge is -2.27. The van der Waals surface area contributed by atoms with Crippen molar-refractivity contribution < 1.29 is 22.8 Å². The Hall–Kier alpha value is -4.71. The summed E-state index contributed by atoms with van der Waals surface area (Å²) in [6, 6.07) is 21.6. The van der Waals surface area contributed by atoms with Crippen molar-refractivity contribution in [2.75, 3.05) is 38.5 Å². The normalized spacial score (nSPS) is 17.3. The summed E-state index contributed by atoms with van der Waals surface area (Å²) in [7, 11) is 1.87.